The topological polar surface area (TPSA) is 359 Å². The molecule has 0 amide bonds. The van der Waals surface area contributed by atoms with Crippen molar-refractivity contribution in [2.24, 2.45) is 17.4 Å². The number of carbonyl (C=O) groups is 4. The molecule has 0 aromatic heterocycles. The largest absolute Gasteiger partial charge is 0.507 e. The molecule has 23 unspecified atom stereocenters. The standard InChI is InChI=1S/C60H86N4O22/c1-24-45(64(11)12)51(73)56-84-53-31(15-14-29-42(53)50(72)44-43(47(29)69)49(71)41-30(48(44)70)20-57(6,74)21-34(41)80-37-18-32(63(9)10)46(68)25(2)76-37)60(24,86-56)85-40-23-59(8,62)55(28(5)79-40)83-39-22-58(7,61)54(27(4)78-39)82-38-19-33(75-13)52(26(3)77-38)81-36(67)17-16-35(65)66/h14-15,24-28,32-34,37-40,45-46,51-52,54-56,68,70-71,73-74H,16-23,61-62H2,1-13H3,(H,65,66). The van der Waals surface area contributed by atoms with Crippen molar-refractivity contribution in [3.05, 3.63) is 51.1 Å². The number of ketones is 2. The Labute approximate surface area is 499 Å². The minimum atomic E-state index is -1.86. The summed E-state index contributed by atoms with van der Waals surface area (Å²) in [5, 5.41) is 68.2. The number of nitrogens with zero attached hydrogens (tertiary/aromatic N) is 2. The molecular formula is C60H86N4O22. The maximum absolute atomic E-state index is 15.3. The Morgan fingerprint density at radius 2 is 1.31 bits per heavy atom. The number of methoxy groups -OCH3 is 1. The minimum absolute atomic E-state index is 0.00353. The van der Waals surface area contributed by atoms with Crippen molar-refractivity contribution in [2.45, 2.75) is 240 Å². The molecule has 26 nitrogen and oxygen atoms in total. The fourth-order valence-electron chi connectivity index (χ4n) is 14.7. The van der Waals surface area contributed by atoms with Crippen molar-refractivity contribution in [3.63, 3.8) is 0 Å². The number of carbonyl (C=O) groups excluding carboxylic acids is 3. The zero-order chi connectivity index (χ0) is 62.8. The van der Waals surface area contributed by atoms with Gasteiger partial charge in [-0.2, -0.15) is 0 Å². The van der Waals surface area contributed by atoms with Crippen molar-refractivity contribution >= 4 is 23.5 Å². The molecule has 10 N–H and O–H groups in total. The first-order chi connectivity index (χ1) is 40.2. The van der Waals surface area contributed by atoms with Gasteiger partial charge >= 0.3 is 11.9 Å². The second-order valence-electron chi connectivity index (χ2n) is 26.2. The molecule has 8 aliphatic rings. The number of rotatable bonds is 15. The smallest absolute Gasteiger partial charge is 0.306 e. The number of aliphatic carboxylic acids is 1. The molecule has 10 rings (SSSR count). The average Bonchev–Trinajstić information content (AvgIpc) is 0.703. The molecule has 23 atom stereocenters. The van der Waals surface area contributed by atoms with E-state index in [2.05, 4.69) is 0 Å². The number of hydrogen-bond acceptors (Lipinski definition) is 25. The van der Waals surface area contributed by atoms with Crippen molar-refractivity contribution in [1.82, 2.24) is 9.80 Å². The molecule has 26 heteroatoms. The number of esters is 1. The molecule has 5 saturated heterocycles. The van der Waals surface area contributed by atoms with Crippen LogP contribution in [0.15, 0.2) is 12.1 Å². The molecule has 0 saturated carbocycles. The first-order valence-corrected chi connectivity index (χ1v) is 29.6. The van der Waals surface area contributed by atoms with Gasteiger partial charge in [-0.1, -0.05) is 6.92 Å². The Hall–Kier alpha value is -4.56. The zero-order valence-electron chi connectivity index (χ0n) is 51.0. The number of likely N-dealkylation sites (N-methyl/N-ethyl adjacent to an activating group) is 2. The molecular weight excluding hydrogens is 1130 g/mol. The quantitative estimate of drug-likeness (QED) is 0.0799. The van der Waals surface area contributed by atoms with Crippen LogP contribution in [0.5, 0.6) is 17.2 Å². The highest BCUT2D eigenvalue weighted by atomic mass is 16.8. The maximum atomic E-state index is 15.3. The van der Waals surface area contributed by atoms with Crippen LogP contribution in [0.4, 0.5) is 0 Å². The lowest BCUT2D eigenvalue weighted by Gasteiger charge is -2.57. The van der Waals surface area contributed by atoms with Gasteiger partial charge in [-0.05, 0) is 88.8 Å². The third-order valence-corrected chi connectivity index (χ3v) is 18.8. The molecule has 2 aliphatic carbocycles. The maximum Gasteiger partial charge on any atom is 0.306 e. The molecule has 478 valence electrons. The normalized spacial score (nSPS) is 42.1. The van der Waals surface area contributed by atoms with E-state index >= 15 is 9.59 Å². The lowest BCUT2D eigenvalue weighted by atomic mass is 9.72. The summed E-state index contributed by atoms with van der Waals surface area (Å²) in [5.41, 5.74) is 9.23. The molecule has 2 bridgehead atoms. The SMILES string of the molecule is COC1CC(OC2C(C)OC(OC3C(C)OC(OC45OC(Oc6c4ccc4c6C(=O)c6c(O)c7c(c(O)c6C4=O)C(OC4CC(N(C)C)C(O)C(C)O4)CC(C)(O)C7)C(O)C(N(C)C)C5C)CC3(C)N)CC2(C)N)OC(C)C1OC(=O)CCC(=O)O. The molecule has 0 radical (unpaired) electrons. The molecule has 5 fully saturated rings. The monoisotopic (exact) mass is 1210 g/mol. The number of aliphatic hydroxyl groups is 3. The Kier molecular flexibility index (Phi) is 17.7. The van der Waals surface area contributed by atoms with Crippen LogP contribution >= 0.6 is 0 Å². The Balaban J connectivity index is 0.890. The van der Waals surface area contributed by atoms with Crippen molar-refractivity contribution in [3.8, 4) is 17.2 Å². The van der Waals surface area contributed by atoms with E-state index in [4.69, 9.17) is 73.4 Å². The number of hydrogen-bond donors (Lipinski definition) is 8. The molecule has 6 aliphatic heterocycles. The van der Waals surface area contributed by atoms with Crippen LogP contribution in [0.1, 0.15) is 155 Å². The predicted molar refractivity (Wildman–Crippen MR) is 299 cm³/mol. The van der Waals surface area contributed by atoms with E-state index in [1.165, 1.54) is 26.2 Å². The second-order valence-corrected chi connectivity index (χ2v) is 26.2. The number of fused-ring (bicyclic) bond motifs is 8. The van der Waals surface area contributed by atoms with Gasteiger partial charge in [0.25, 0.3) is 0 Å². The van der Waals surface area contributed by atoms with E-state index in [-0.39, 0.29) is 91.0 Å². The average molecular weight is 1220 g/mol. The Morgan fingerprint density at radius 3 is 1.93 bits per heavy atom. The number of carboxylic acid groups (broad SMARTS) is 1. The first kappa shape index (κ1) is 64.4. The van der Waals surface area contributed by atoms with Gasteiger partial charge in [0.2, 0.25) is 17.9 Å². The summed E-state index contributed by atoms with van der Waals surface area (Å²) in [4.78, 5) is 57.5. The van der Waals surface area contributed by atoms with Crippen LogP contribution in [0.3, 0.4) is 0 Å². The van der Waals surface area contributed by atoms with E-state index in [0.717, 1.165) is 0 Å². The second kappa shape index (κ2) is 23.7. The summed E-state index contributed by atoms with van der Waals surface area (Å²) >= 11 is 0. The Bertz CT molecular complexity index is 2940. The van der Waals surface area contributed by atoms with Gasteiger partial charge in [-0.3, -0.25) is 19.2 Å². The lowest BCUT2D eigenvalue weighted by Crippen LogP contribution is -2.69. The third-order valence-electron chi connectivity index (χ3n) is 18.8. The fourth-order valence-corrected chi connectivity index (χ4v) is 14.7. The number of ether oxygens (including phenoxy) is 12. The van der Waals surface area contributed by atoms with E-state index < -0.39 is 179 Å². The summed E-state index contributed by atoms with van der Waals surface area (Å²) in [5.74, 6) is -7.53. The highest BCUT2D eigenvalue weighted by molar-refractivity contribution is 6.31. The molecule has 6 heterocycles. The minimum Gasteiger partial charge on any atom is -0.507 e. The van der Waals surface area contributed by atoms with Crippen LogP contribution in [-0.2, 0) is 73.9 Å². The fraction of sp³-hybridized carbons (Fsp3) is 0.733. The van der Waals surface area contributed by atoms with Crippen LogP contribution in [0, 0.1) is 5.92 Å². The predicted octanol–water partition coefficient (Wildman–Crippen LogP) is 2.30. The number of phenolic OH excluding ortho intramolecular Hbond substituents is 2. The lowest BCUT2D eigenvalue weighted by molar-refractivity contribution is -0.430. The molecule has 0 spiro atoms. The van der Waals surface area contributed by atoms with Crippen molar-refractivity contribution in [1.29, 1.82) is 0 Å². The number of benzene rings is 2. The van der Waals surface area contributed by atoms with Gasteiger partial charge in [0.15, 0.2) is 37.0 Å². The highest BCUT2D eigenvalue weighted by Gasteiger charge is 2.63. The van der Waals surface area contributed by atoms with Gasteiger partial charge in [0, 0.05) is 91.4 Å². The summed E-state index contributed by atoms with van der Waals surface area (Å²) in [6, 6.07) is 1.89. The van der Waals surface area contributed by atoms with Crippen molar-refractivity contribution < 1.29 is 107 Å². The van der Waals surface area contributed by atoms with Crippen LogP contribution < -0.4 is 16.2 Å². The van der Waals surface area contributed by atoms with E-state index in [9.17, 15) is 35.1 Å². The van der Waals surface area contributed by atoms with Gasteiger partial charge in [-0.25, -0.2) is 0 Å². The number of carboxylic acids is 1. The van der Waals surface area contributed by atoms with Gasteiger partial charge in [0.1, 0.15) is 41.7 Å². The number of nitrogens with two attached hydrogens (primary N) is 2. The van der Waals surface area contributed by atoms with Gasteiger partial charge < -0.3 is 109 Å². The van der Waals surface area contributed by atoms with E-state index in [0.29, 0.717) is 0 Å². The van der Waals surface area contributed by atoms with Crippen LogP contribution in [0.25, 0.3) is 0 Å². The van der Waals surface area contributed by atoms with Crippen LogP contribution in [0.2, 0.25) is 0 Å². The van der Waals surface area contributed by atoms with Crippen molar-refractivity contribution in [2.75, 3.05) is 35.3 Å². The van der Waals surface area contributed by atoms with Gasteiger partial charge in [-0.15, -0.1) is 0 Å². The number of phenols is 2. The molecule has 86 heavy (non-hydrogen) atoms. The Morgan fingerprint density at radius 1 is 0.721 bits per heavy atom. The summed E-state index contributed by atoms with van der Waals surface area (Å²) < 4.78 is 76.5. The van der Waals surface area contributed by atoms with Gasteiger partial charge in [0.05, 0.1) is 77.3 Å². The summed E-state index contributed by atoms with van der Waals surface area (Å²) in [6.07, 6.45) is -14.8. The molecule has 2 aromatic carbocycles. The first-order valence-electron chi connectivity index (χ1n) is 29.6. The van der Waals surface area contributed by atoms with Crippen LogP contribution in [-0.4, -0.2) is 220 Å². The third kappa shape index (κ3) is 11.6. The number of aromatic hydroxyl groups is 2. The van der Waals surface area contributed by atoms with E-state index in [1.807, 2.05) is 32.8 Å². The zero-order valence-corrected chi connectivity index (χ0v) is 51.0. The van der Waals surface area contributed by atoms with E-state index in [1.54, 1.807) is 53.6 Å². The number of aliphatic hydroxyl groups excluding tert-OH is 2. The summed E-state index contributed by atoms with van der Waals surface area (Å²) in [6.45, 7) is 13.9. The highest BCUT2D eigenvalue weighted by Crippen LogP contribution is 2.58. The summed E-state index contributed by atoms with van der Waals surface area (Å²) in [7, 11) is 8.66. The molecule has 2 aromatic rings.